The molecule has 0 aromatic heterocycles. The lowest BCUT2D eigenvalue weighted by atomic mass is 9.79. The van der Waals surface area contributed by atoms with Gasteiger partial charge in [0.25, 0.3) is 0 Å². The SMILES string of the molecule is CC1(C)CN(C(=O)C2CCCCC2)CCC1N. The molecule has 2 rings (SSSR count). The lowest BCUT2D eigenvalue weighted by Gasteiger charge is -2.44. The van der Waals surface area contributed by atoms with Gasteiger partial charge in [-0.25, -0.2) is 0 Å². The molecule has 0 aromatic carbocycles. The molecule has 0 radical (unpaired) electrons. The van der Waals surface area contributed by atoms with E-state index in [-0.39, 0.29) is 11.5 Å². The molecule has 1 saturated carbocycles. The molecule has 1 amide bonds. The highest BCUT2D eigenvalue weighted by atomic mass is 16.2. The van der Waals surface area contributed by atoms with Crippen LogP contribution in [0.25, 0.3) is 0 Å². The third-order valence-corrected chi connectivity index (χ3v) is 4.58. The van der Waals surface area contributed by atoms with E-state index in [9.17, 15) is 4.79 Å². The highest BCUT2D eigenvalue weighted by Gasteiger charge is 2.37. The van der Waals surface area contributed by atoms with Crippen LogP contribution in [-0.2, 0) is 4.79 Å². The Kier molecular flexibility index (Phi) is 3.76. The molecule has 1 aliphatic heterocycles. The molecule has 0 aromatic rings. The average Bonchev–Trinajstić information content (AvgIpc) is 2.33. The zero-order valence-corrected chi connectivity index (χ0v) is 11.2. The molecule has 0 spiro atoms. The van der Waals surface area contributed by atoms with Crippen LogP contribution in [-0.4, -0.2) is 29.9 Å². The first-order chi connectivity index (χ1) is 8.00. The minimum Gasteiger partial charge on any atom is -0.342 e. The maximum Gasteiger partial charge on any atom is 0.225 e. The molecule has 2 aliphatic rings. The van der Waals surface area contributed by atoms with Gasteiger partial charge < -0.3 is 10.6 Å². The average molecular weight is 238 g/mol. The van der Waals surface area contributed by atoms with Crippen LogP contribution in [0.3, 0.4) is 0 Å². The Morgan fingerprint density at radius 2 is 1.82 bits per heavy atom. The van der Waals surface area contributed by atoms with Crippen molar-refractivity contribution in [3.63, 3.8) is 0 Å². The molecule has 1 atom stereocenters. The standard InChI is InChI=1S/C14H26N2O/c1-14(2)10-16(9-8-12(14)15)13(17)11-6-4-3-5-7-11/h11-12H,3-10,15H2,1-2H3. The molecule has 17 heavy (non-hydrogen) atoms. The Hall–Kier alpha value is -0.570. The second-order valence-corrected chi connectivity index (χ2v) is 6.48. The summed E-state index contributed by atoms with van der Waals surface area (Å²) in [5, 5.41) is 0. The summed E-state index contributed by atoms with van der Waals surface area (Å²) in [7, 11) is 0. The number of rotatable bonds is 1. The predicted molar refractivity (Wildman–Crippen MR) is 69.5 cm³/mol. The topological polar surface area (TPSA) is 46.3 Å². The van der Waals surface area contributed by atoms with E-state index in [4.69, 9.17) is 5.73 Å². The Bertz CT molecular complexity index is 282. The maximum absolute atomic E-state index is 12.4. The lowest BCUT2D eigenvalue weighted by molar-refractivity contribution is -0.140. The van der Waals surface area contributed by atoms with Gasteiger partial charge in [-0.2, -0.15) is 0 Å². The first kappa shape index (κ1) is 12.9. The molecule has 1 saturated heterocycles. The van der Waals surface area contributed by atoms with E-state index in [1.165, 1.54) is 19.3 Å². The van der Waals surface area contributed by atoms with Crippen molar-refractivity contribution in [3.8, 4) is 0 Å². The van der Waals surface area contributed by atoms with Crippen LogP contribution in [0, 0.1) is 11.3 Å². The first-order valence-corrected chi connectivity index (χ1v) is 7.05. The summed E-state index contributed by atoms with van der Waals surface area (Å²) in [6.45, 7) is 6.05. The number of hydrogen-bond donors (Lipinski definition) is 1. The van der Waals surface area contributed by atoms with Crippen molar-refractivity contribution in [1.29, 1.82) is 0 Å². The number of carbonyl (C=O) groups excluding carboxylic acids is 1. The largest absolute Gasteiger partial charge is 0.342 e. The molecule has 3 heteroatoms. The summed E-state index contributed by atoms with van der Waals surface area (Å²) in [6, 6.07) is 0.234. The second kappa shape index (κ2) is 4.97. The van der Waals surface area contributed by atoms with Gasteiger partial charge in [0.1, 0.15) is 0 Å². The number of carbonyl (C=O) groups is 1. The number of amides is 1. The number of piperidine rings is 1. The number of hydrogen-bond acceptors (Lipinski definition) is 2. The molecule has 3 nitrogen and oxygen atoms in total. The molecule has 0 bridgehead atoms. The number of nitrogens with two attached hydrogens (primary N) is 1. The van der Waals surface area contributed by atoms with Crippen LogP contribution >= 0.6 is 0 Å². The normalized spacial score (nSPS) is 30.3. The van der Waals surface area contributed by atoms with Crippen LogP contribution in [0.15, 0.2) is 0 Å². The number of nitrogens with zero attached hydrogens (tertiary/aromatic N) is 1. The van der Waals surface area contributed by atoms with Crippen LogP contribution in [0.1, 0.15) is 52.4 Å². The van der Waals surface area contributed by atoms with Crippen molar-refractivity contribution in [2.75, 3.05) is 13.1 Å². The summed E-state index contributed by atoms with van der Waals surface area (Å²) >= 11 is 0. The maximum atomic E-state index is 12.4. The predicted octanol–water partition coefficient (Wildman–Crippen LogP) is 2.15. The van der Waals surface area contributed by atoms with Gasteiger partial charge in [0.2, 0.25) is 5.91 Å². The summed E-state index contributed by atoms with van der Waals surface area (Å²) in [4.78, 5) is 14.5. The highest BCUT2D eigenvalue weighted by Crippen LogP contribution is 2.31. The van der Waals surface area contributed by atoms with E-state index in [0.717, 1.165) is 32.4 Å². The molecule has 1 heterocycles. The van der Waals surface area contributed by atoms with Gasteiger partial charge >= 0.3 is 0 Å². The Balaban J connectivity index is 1.95. The molecular weight excluding hydrogens is 212 g/mol. The van der Waals surface area contributed by atoms with Gasteiger partial charge in [-0.1, -0.05) is 33.1 Å². The van der Waals surface area contributed by atoms with Crippen molar-refractivity contribution in [2.24, 2.45) is 17.1 Å². The van der Waals surface area contributed by atoms with Gasteiger partial charge in [0.05, 0.1) is 0 Å². The van der Waals surface area contributed by atoms with E-state index >= 15 is 0 Å². The fourth-order valence-electron chi connectivity index (χ4n) is 3.17. The zero-order valence-electron chi connectivity index (χ0n) is 11.2. The van der Waals surface area contributed by atoms with E-state index in [0.29, 0.717) is 11.8 Å². The van der Waals surface area contributed by atoms with Crippen LogP contribution in [0.5, 0.6) is 0 Å². The molecule has 1 unspecified atom stereocenters. The smallest absolute Gasteiger partial charge is 0.225 e. The van der Waals surface area contributed by atoms with Crippen LogP contribution in [0.2, 0.25) is 0 Å². The highest BCUT2D eigenvalue weighted by molar-refractivity contribution is 5.79. The summed E-state index contributed by atoms with van der Waals surface area (Å²) in [5.74, 6) is 0.693. The Morgan fingerprint density at radius 1 is 1.18 bits per heavy atom. The second-order valence-electron chi connectivity index (χ2n) is 6.48. The minimum atomic E-state index is 0.0720. The third kappa shape index (κ3) is 2.82. The van der Waals surface area contributed by atoms with E-state index < -0.39 is 0 Å². The Labute approximate surface area is 105 Å². The van der Waals surface area contributed by atoms with Crippen LogP contribution in [0.4, 0.5) is 0 Å². The monoisotopic (exact) mass is 238 g/mol. The van der Waals surface area contributed by atoms with Crippen molar-refractivity contribution in [1.82, 2.24) is 4.90 Å². The summed E-state index contributed by atoms with van der Waals surface area (Å²) in [6.07, 6.45) is 6.91. The zero-order chi connectivity index (χ0) is 12.5. The van der Waals surface area contributed by atoms with E-state index in [2.05, 4.69) is 18.7 Å². The van der Waals surface area contributed by atoms with E-state index in [1.54, 1.807) is 0 Å². The first-order valence-electron chi connectivity index (χ1n) is 7.05. The van der Waals surface area contributed by atoms with Crippen molar-refractivity contribution in [3.05, 3.63) is 0 Å². The van der Waals surface area contributed by atoms with Gasteiger partial charge in [-0.15, -0.1) is 0 Å². The Morgan fingerprint density at radius 3 is 2.41 bits per heavy atom. The molecule has 98 valence electrons. The molecule has 2 N–H and O–H groups in total. The van der Waals surface area contributed by atoms with Gasteiger partial charge in [-0.3, -0.25) is 4.79 Å². The molecule has 2 fully saturated rings. The summed E-state index contributed by atoms with van der Waals surface area (Å²) in [5.41, 5.74) is 6.19. The fourth-order valence-corrected chi connectivity index (χ4v) is 3.17. The summed E-state index contributed by atoms with van der Waals surface area (Å²) < 4.78 is 0. The van der Waals surface area contributed by atoms with Gasteiger partial charge in [-0.05, 0) is 24.7 Å². The quantitative estimate of drug-likeness (QED) is 0.761. The van der Waals surface area contributed by atoms with Crippen molar-refractivity contribution < 1.29 is 4.79 Å². The van der Waals surface area contributed by atoms with Crippen LogP contribution < -0.4 is 5.73 Å². The molecule has 1 aliphatic carbocycles. The van der Waals surface area contributed by atoms with E-state index in [1.807, 2.05) is 0 Å². The van der Waals surface area contributed by atoms with Crippen molar-refractivity contribution in [2.45, 2.75) is 58.4 Å². The van der Waals surface area contributed by atoms with Crippen molar-refractivity contribution >= 4 is 5.91 Å². The number of likely N-dealkylation sites (tertiary alicyclic amines) is 1. The lowest BCUT2D eigenvalue weighted by Crippen LogP contribution is -2.55. The van der Waals surface area contributed by atoms with Gasteiger partial charge in [0, 0.05) is 25.0 Å². The third-order valence-electron chi connectivity index (χ3n) is 4.58. The van der Waals surface area contributed by atoms with Gasteiger partial charge in [0.15, 0.2) is 0 Å². The minimum absolute atomic E-state index is 0.0720. The molecular formula is C14H26N2O. The fraction of sp³-hybridized carbons (Fsp3) is 0.929.